The Balaban J connectivity index is 0.000000241. The van der Waals surface area contributed by atoms with E-state index in [1.807, 2.05) is 23.4 Å². The Hall–Kier alpha value is -9.15. The van der Waals surface area contributed by atoms with E-state index in [-0.39, 0.29) is 130 Å². The number of aromatic nitrogens is 18. The molecule has 135 heavy (non-hydrogen) atoms. The summed E-state index contributed by atoms with van der Waals surface area (Å²) in [6, 6.07) is 1.65. The summed E-state index contributed by atoms with van der Waals surface area (Å²) in [5.41, 5.74) is 16.0. The summed E-state index contributed by atoms with van der Waals surface area (Å²) in [4.78, 5) is 111. The molecule has 3 aliphatic heterocycles. The second kappa shape index (κ2) is 57.3. The molecule has 0 aromatic carbocycles. The number of aromatic amines is 1. The van der Waals surface area contributed by atoms with Crippen LogP contribution in [-0.2, 0) is 61.8 Å². The third-order valence-corrected chi connectivity index (χ3v) is 24.7. The number of ketones is 2. The number of halogens is 3. The topological polar surface area (TPSA) is 541 Å². The molecule has 12 heterocycles. The average molecular weight is 2130 g/mol. The molecule has 8 N–H and O–H groups in total. The van der Waals surface area contributed by atoms with Gasteiger partial charge in [-0.25, -0.2) is 53.4 Å². The Bertz CT molecular complexity index is 5180. The number of hydrogen-bond donors (Lipinski definition) is 6. The summed E-state index contributed by atoms with van der Waals surface area (Å²) in [5.74, 6) is -1.03. The normalized spacial score (nSPS) is 20.1. The number of fused-ring (bicyclic) bond motifs is 2. The second-order valence-electron chi connectivity index (χ2n) is 31.9. The maximum absolute atomic E-state index is 11.8. The quantitative estimate of drug-likeness (QED) is 0.0204. The minimum Gasteiger partial charge on any atom is -1.00 e. The van der Waals surface area contributed by atoms with Gasteiger partial charge >= 0.3 is 65.4 Å². The molecule has 2 spiro atoms. The van der Waals surface area contributed by atoms with Crippen LogP contribution in [0, 0.1) is 7.40 Å². The van der Waals surface area contributed by atoms with E-state index in [9.17, 15) is 48.6 Å². The molecule has 6 saturated carbocycles. The van der Waals surface area contributed by atoms with Crippen molar-refractivity contribution in [3.8, 4) is 0 Å². The first-order chi connectivity index (χ1) is 63.8. The number of anilines is 2. The summed E-state index contributed by atoms with van der Waals surface area (Å²) in [6.07, 6.45) is 42.2. The molecule has 9 aromatic rings. The van der Waals surface area contributed by atoms with E-state index >= 15 is 0 Å². The molecule has 731 valence electrons. The van der Waals surface area contributed by atoms with E-state index in [2.05, 4.69) is 111 Å². The zero-order valence-corrected chi connectivity index (χ0v) is 84.7. The molecule has 2 saturated heterocycles. The fourth-order valence-corrected chi connectivity index (χ4v) is 17.6. The molecule has 9 aliphatic rings. The fourth-order valence-electron chi connectivity index (χ4n) is 16.2. The Morgan fingerprint density at radius 3 is 1.15 bits per heavy atom. The van der Waals surface area contributed by atoms with Crippen molar-refractivity contribution in [1.29, 1.82) is 0 Å². The van der Waals surface area contributed by atoms with Crippen LogP contribution in [0.2, 0.25) is 0 Å². The van der Waals surface area contributed by atoms with Gasteiger partial charge in [-0.15, -0.1) is 12.4 Å². The number of carbonyl (C=O) groups excluding carboxylic acids is 8. The summed E-state index contributed by atoms with van der Waals surface area (Å²) < 4.78 is 64.6. The first-order valence-electron chi connectivity index (χ1n) is 44.9. The van der Waals surface area contributed by atoms with E-state index < -0.39 is 0 Å². The molecular formula is C88H123BClI2N21NaO21. The van der Waals surface area contributed by atoms with Crippen LogP contribution in [0.15, 0.2) is 91.3 Å². The van der Waals surface area contributed by atoms with E-state index in [4.69, 9.17) is 63.9 Å². The number of H-pyrrole nitrogens is 1. The van der Waals surface area contributed by atoms with Crippen LogP contribution in [-0.4, -0.2) is 270 Å². The van der Waals surface area contributed by atoms with Crippen LogP contribution in [0.1, 0.15) is 285 Å². The molecule has 0 bridgehead atoms. The maximum atomic E-state index is 11.8. The van der Waals surface area contributed by atoms with Gasteiger partial charge in [0.15, 0.2) is 22.9 Å². The van der Waals surface area contributed by atoms with Gasteiger partial charge in [0.1, 0.15) is 43.3 Å². The van der Waals surface area contributed by atoms with Crippen LogP contribution < -0.4 is 41.0 Å². The van der Waals surface area contributed by atoms with Gasteiger partial charge < -0.3 is 75.6 Å². The van der Waals surface area contributed by atoms with Crippen molar-refractivity contribution in [3.63, 3.8) is 0 Å². The smallest absolute Gasteiger partial charge is 1.00 e. The summed E-state index contributed by atoms with van der Waals surface area (Å²) >= 11 is 4.28. The summed E-state index contributed by atoms with van der Waals surface area (Å²) in [6.45, 7) is 16.4. The van der Waals surface area contributed by atoms with Crippen molar-refractivity contribution in [2.24, 2.45) is 4.99 Å². The number of aliphatic imine (C=N–C) groups is 1. The third kappa shape index (κ3) is 32.8. The molecule has 0 atom stereocenters. The number of carbonyl (C=O) groups is 8. The van der Waals surface area contributed by atoms with Gasteiger partial charge in [0.05, 0.1) is 196 Å². The number of nitrogens with two attached hydrogens (primary N) is 2. The van der Waals surface area contributed by atoms with E-state index in [0.717, 1.165) is 159 Å². The standard InChI is InChI=1S/C17H20IN7O2.C14H20N2O4.2C12H18N2O3.C12H16N2O3.C8H12O3.C7H9NO2.C5H4IN5.CH4O.B.ClH.Na.H/c1-2-27-17(26)10-7-22-24(8-10)11-3-5-12(6-4-11)25-16-13(14(18)23-25)15(19)20-9-21-16;1-2-18-13(17)11-9-15-16(10-11)12-3-5-14(6-4-12)19-7-8-20-14;3*1-2-17-12(16)9-7-13-14(8-9)10-3-5-11(15)6-4-10;9-7-1-3-8(4-2-7)10-5-6-11-8;1-2-10-7(9)6-3-4-8-5-6;6-3-2-4(7)8-1-9-5(2)11-10-3;1-2;;;;/h7-9,11-12H,2-6H2,1H3,(H2,19,20,21);9-10,12H,2-8H2,1H3;2*7-8,10-11,15H,2-6H2,1H3;7-8,10H,2-6H2,1H3;1-6H2;3,5H,2,4H2,1H3;1H,(H3,7,8,9,10,11);2H,1H3;;1H;;/q;;;;;;;;;;;+1;-1. The van der Waals surface area contributed by atoms with Crippen LogP contribution >= 0.6 is 57.6 Å². The number of rotatable bonds is 18. The third-order valence-electron chi connectivity index (χ3n) is 23.2. The second-order valence-corrected chi connectivity index (χ2v) is 34.0. The number of Topliss-reactive ketones (excluding diaryl/α,β-unsaturated/α-hetero) is 2. The zero-order valence-electron chi connectivity index (χ0n) is 78.6. The Labute approximate surface area is 841 Å². The van der Waals surface area contributed by atoms with E-state index in [1.165, 1.54) is 25.1 Å². The molecule has 18 rings (SSSR count). The summed E-state index contributed by atoms with van der Waals surface area (Å²) in [5, 5.41) is 60.1. The van der Waals surface area contributed by atoms with Gasteiger partial charge in [0.25, 0.3) is 0 Å². The molecule has 0 unspecified atom stereocenters. The molecule has 3 radical (unpaired) electrons. The molecule has 42 nitrogen and oxygen atoms in total. The Kier molecular flexibility index (Phi) is 47.9. The number of nitrogens with one attached hydrogen (secondary N) is 1. The average Bonchev–Trinajstić information content (AvgIpc) is 1.62. The maximum Gasteiger partial charge on any atom is 1.00 e. The van der Waals surface area contributed by atoms with Crippen LogP contribution in [0.5, 0.6) is 0 Å². The van der Waals surface area contributed by atoms with Crippen molar-refractivity contribution in [2.75, 3.05) is 91.2 Å². The molecule has 9 aromatic heterocycles. The minimum absolute atomic E-state index is 0. The van der Waals surface area contributed by atoms with Gasteiger partial charge in [-0.3, -0.25) is 43.1 Å². The first-order valence-corrected chi connectivity index (χ1v) is 47.1. The van der Waals surface area contributed by atoms with Crippen LogP contribution in [0.3, 0.4) is 0 Å². The summed E-state index contributed by atoms with van der Waals surface area (Å²) in [7, 11) is 1.00. The zero-order chi connectivity index (χ0) is 94.7. The Morgan fingerprint density at radius 1 is 0.459 bits per heavy atom. The Morgan fingerprint density at radius 2 is 0.785 bits per heavy atom. The van der Waals surface area contributed by atoms with Crippen molar-refractivity contribution >= 4 is 153 Å². The predicted octanol–water partition coefficient (Wildman–Crippen LogP) is 8.21. The van der Waals surface area contributed by atoms with E-state index in [0.29, 0.717) is 179 Å². The number of hydrogen-bond acceptors (Lipinski definition) is 35. The monoisotopic (exact) mass is 2130 g/mol. The van der Waals surface area contributed by atoms with Crippen molar-refractivity contribution in [2.45, 2.75) is 256 Å². The predicted molar refractivity (Wildman–Crippen MR) is 509 cm³/mol. The first kappa shape index (κ1) is 113. The molecule has 47 heteroatoms. The van der Waals surface area contributed by atoms with Gasteiger partial charge in [-0.2, -0.15) is 35.7 Å². The van der Waals surface area contributed by atoms with Gasteiger partial charge in [0, 0.05) is 104 Å². The minimum atomic E-state index is -0.367. The number of ether oxygens (including phenoxy) is 10. The number of aliphatic hydroxyl groups is 3. The molecular weight excluding hydrogens is 2010 g/mol. The van der Waals surface area contributed by atoms with Gasteiger partial charge in [0.2, 0.25) is 0 Å². The molecule has 0 amide bonds. The number of aliphatic hydroxyl groups excluding tert-OH is 3. The van der Waals surface area contributed by atoms with E-state index in [1.54, 1.807) is 108 Å². The SMILES string of the molecule is CCOC(=O)C1=CCN=C1.CCOC(=O)c1cnn(C2CCC(=O)CC2)c1.CCOC(=O)c1cnn(C2CCC(O)CC2)c1.CCOC(=O)c1cnn(C2CCC(O)CC2)c1.CCOC(=O)c1cnn(C2CCC(n3nc(I)c4c(N)ncnc43)CC2)c1.CCOC(=O)c1cnn(C2CCC3(CC2)OCCO3)c1.CO.Cl.Nc1ncnc2n[nH]c(I)c12.O=C1CCC2(CC1)OCCO2.[B].[H-].[Na+]. The number of esters is 6. The number of nitrogens with zero attached hydrogens (tertiary/aromatic N) is 18. The van der Waals surface area contributed by atoms with Crippen molar-refractivity contribution in [3.05, 3.63) is 121 Å². The van der Waals surface area contributed by atoms with Crippen LogP contribution in [0.4, 0.5) is 11.6 Å². The molecule has 8 fully saturated rings. The van der Waals surface area contributed by atoms with Crippen molar-refractivity contribution in [1.82, 2.24) is 88.8 Å². The largest absolute Gasteiger partial charge is 1.00 e. The van der Waals surface area contributed by atoms with Gasteiger partial charge in [-0.05, 0) is 196 Å². The molecule has 6 aliphatic carbocycles. The van der Waals surface area contributed by atoms with Crippen LogP contribution in [0.25, 0.3) is 22.1 Å². The number of nitrogen functional groups attached to an aromatic ring is 2. The van der Waals surface area contributed by atoms with Crippen molar-refractivity contribution < 1.29 is 132 Å². The van der Waals surface area contributed by atoms with Gasteiger partial charge in [-0.1, -0.05) is 0 Å². The fraction of sp³-hybridized carbons (Fsp3) is 0.591.